The number of fused-ring (bicyclic) bond motifs is 1. The van der Waals surface area contributed by atoms with Crippen molar-refractivity contribution in [2.45, 2.75) is 0 Å². The summed E-state index contributed by atoms with van der Waals surface area (Å²) in [5.41, 5.74) is 0.396. The molecule has 26 heavy (non-hydrogen) atoms. The largest absolute Gasteiger partial charge is 0.477 e. The van der Waals surface area contributed by atoms with Gasteiger partial charge in [0.05, 0.1) is 10.2 Å². The van der Waals surface area contributed by atoms with Gasteiger partial charge in [0.2, 0.25) is 29.1 Å². The molecule has 1 amide bonds. The number of aromatic nitrogens is 1. The zero-order valence-corrected chi connectivity index (χ0v) is 13.2. The van der Waals surface area contributed by atoms with E-state index in [4.69, 9.17) is 0 Å². The molecule has 3 aromatic rings. The molecule has 1 heterocycles. The van der Waals surface area contributed by atoms with E-state index in [1.54, 1.807) is 0 Å². The third kappa shape index (κ3) is 3.29. The minimum absolute atomic E-state index is 0.0385. The quantitative estimate of drug-likeness (QED) is 0.412. The second kappa shape index (κ2) is 6.83. The summed E-state index contributed by atoms with van der Waals surface area (Å²) < 4.78 is 83.8. The van der Waals surface area contributed by atoms with Gasteiger partial charge in [-0.25, -0.2) is 22.5 Å². The van der Waals surface area contributed by atoms with Gasteiger partial charge in [0, 0.05) is 0 Å². The molecule has 0 saturated carbocycles. The van der Waals surface area contributed by atoms with Crippen LogP contribution in [0.5, 0.6) is 5.75 Å². The van der Waals surface area contributed by atoms with Crippen molar-refractivity contribution >= 4 is 32.6 Å². The van der Waals surface area contributed by atoms with Crippen LogP contribution in [0.15, 0.2) is 18.2 Å². The van der Waals surface area contributed by atoms with Gasteiger partial charge in [-0.05, 0) is 18.2 Å². The summed E-state index contributed by atoms with van der Waals surface area (Å²) in [5.74, 6) is -14.1. The van der Waals surface area contributed by atoms with Gasteiger partial charge in [0.25, 0.3) is 5.91 Å². The van der Waals surface area contributed by atoms with E-state index in [2.05, 4.69) is 15.0 Å². The molecule has 0 atom stereocenters. The summed E-state index contributed by atoms with van der Waals surface area (Å²) in [6, 6.07) is 3.73. The zero-order chi connectivity index (χ0) is 19.0. The first-order valence-corrected chi connectivity index (χ1v) is 7.59. The summed E-state index contributed by atoms with van der Waals surface area (Å²) in [6.45, 7) is -1.04. The summed E-state index contributed by atoms with van der Waals surface area (Å²) in [7, 11) is 0. The number of ether oxygens (including phenoxy) is 1. The minimum atomic E-state index is -2.33. The van der Waals surface area contributed by atoms with Crippen molar-refractivity contribution in [1.29, 1.82) is 0 Å². The van der Waals surface area contributed by atoms with Crippen molar-refractivity contribution in [3.63, 3.8) is 0 Å². The molecule has 0 aliphatic carbocycles. The smallest absolute Gasteiger partial charge is 0.264 e. The highest BCUT2D eigenvalue weighted by atomic mass is 32.1. The van der Waals surface area contributed by atoms with E-state index >= 15 is 0 Å². The van der Waals surface area contributed by atoms with E-state index in [-0.39, 0.29) is 5.13 Å². The third-order valence-corrected chi connectivity index (χ3v) is 4.05. The van der Waals surface area contributed by atoms with Crippen LogP contribution in [0.4, 0.5) is 31.5 Å². The van der Waals surface area contributed by atoms with Gasteiger partial charge in [-0.2, -0.15) is 8.78 Å². The number of hydrogen-bond acceptors (Lipinski definition) is 4. The second-order valence-electron chi connectivity index (χ2n) is 4.87. The van der Waals surface area contributed by atoms with Crippen molar-refractivity contribution in [2.75, 3.05) is 11.9 Å². The molecule has 0 fully saturated rings. The average Bonchev–Trinajstić information content (AvgIpc) is 2.99. The number of benzene rings is 2. The maximum atomic E-state index is 13.4. The monoisotopic (exact) mass is 392 g/mol. The highest BCUT2D eigenvalue weighted by Crippen LogP contribution is 2.29. The molecule has 4 nitrogen and oxygen atoms in total. The van der Waals surface area contributed by atoms with Crippen LogP contribution >= 0.6 is 11.3 Å². The fourth-order valence-electron chi connectivity index (χ4n) is 1.96. The molecule has 3 rings (SSSR count). The Balaban J connectivity index is 1.73. The van der Waals surface area contributed by atoms with E-state index in [0.29, 0.717) is 10.2 Å². The molecule has 0 unspecified atom stereocenters. The Morgan fingerprint density at radius 1 is 1.00 bits per heavy atom. The van der Waals surface area contributed by atoms with Gasteiger partial charge in [-0.1, -0.05) is 11.3 Å². The normalized spacial score (nSPS) is 11.0. The summed E-state index contributed by atoms with van der Waals surface area (Å²) >= 11 is 0.918. The molecule has 1 aromatic heterocycles. The molecule has 2 aromatic carbocycles. The highest BCUT2D eigenvalue weighted by molar-refractivity contribution is 7.22. The lowest BCUT2D eigenvalue weighted by atomic mass is 10.2. The highest BCUT2D eigenvalue weighted by Gasteiger charge is 2.27. The molecule has 0 radical (unpaired) electrons. The molecule has 0 spiro atoms. The van der Waals surface area contributed by atoms with Crippen LogP contribution in [0.25, 0.3) is 10.2 Å². The molecule has 0 aliphatic rings. The molecule has 0 aliphatic heterocycles. The number of amides is 1. The van der Waals surface area contributed by atoms with Crippen LogP contribution in [-0.4, -0.2) is 17.5 Å². The summed E-state index contributed by atoms with van der Waals surface area (Å²) in [6.07, 6.45) is 0. The Kier molecular flexibility index (Phi) is 4.72. The first kappa shape index (κ1) is 18.0. The van der Waals surface area contributed by atoms with Crippen molar-refractivity contribution < 1.29 is 35.9 Å². The van der Waals surface area contributed by atoms with Gasteiger partial charge < -0.3 is 4.74 Å². The minimum Gasteiger partial charge on any atom is -0.477 e. The molecule has 0 bridgehead atoms. The maximum Gasteiger partial charge on any atom is 0.264 e. The second-order valence-corrected chi connectivity index (χ2v) is 5.90. The summed E-state index contributed by atoms with van der Waals surface area (Å²) in [5, 5.41) is 2.25. The van der Waals surface area contributed by atoms with Crippen LogP contribution in [0, 0.1) is 34.9 Å². The maximum absolute atomic E-state index is 13.4. The lowest BCUT2D eigenvalue weighted by molar-refractivity contribution is -0.118. The zero-order valence-electron chi connectivity index (χ0n) is 12.4. The van der Waals surface area contributed by atoms with E-state index in [0.717, 1.165) is 11.3 Å². The predicted molar refractivity (Wildman–Crippen MR) is 79.9 cm³/mol. The molecule has 0 saturated heterocycles. The molecular weight excluding hydrogens is 386 g/mol. The number of anilines is 1. The number of thiazole rings is 1. The third-order valence-electron chi connectivity index (χ3n) is 3.11. The Hall–Kier alpha value is -2.82. The molecule has 136 valence electrons. The Morgan fingerprint density at radius 3 is 2.27 bits per heavy atom. The number of carbonyl (C=O) groups excluding carboxylic acids is 1. The van der Waals surface area contributed by atoms with E-state index in [1.807, 2.05) is 0 Å². The van der Waals surface area contributed by atoms with E-state index < -0.39 is 53.2 Å². The Labute approximate surface area is 145 Å². The predicted octanol–water partition coefficient (Wildman–Crippen LogP) is 4.15. The van der Waals surface area contributed by atoms with Gasteiger partial charge in [-0.3, -0.25) is 10.1 Å². The van der Waals surface area contributed by atoms with Gasteiger partial charge in [-0.15, -0.1) is 0 Å². The topological polar surface area (TPSA) is 51.2 Å². The average molecular weight is 392 g/mol. The van der Waals surface area contributed by atoms with E-state index in [1.165, 1.54) is 18.2 Å². The van der Waals surface area contributed by atoms with Gasteiger partial charge >= 0.3 is 0 Å². The number of nitrogens with zero attached hydrogens (tertiary/aromatic N) is 1. The number of hydrogen-bond donors (Lipinski definition) is 1. The van der Waals surface area contributed by atoms with Crippen LogP contribution in [0.2, 0.25) is 0 Å². The first-order chi connectivity index (χ1) is 12.3. The summed E-state index contributed by atoms with van der Waals surface area (Å²) in [4.78, 5) is 15.7. The van der Waals surface area contributed by atoms with Crippen LogP contribution in [0.1, 0.15) is 0 Å². The number of carbonyl (C=O) groups is 1. The van der Waals surface area contributed by atoms with E-state index in [9.17, 15) is 31.1 Å². The van der Waals surface area contributed by atoms with Crippen molar-refractivity contribution in [2.24, 2.45) is 0 Å². The van der Waals surface area contributed by atoms with Crippen molar-refractivity contribution in [1.82, 2.24) is 4.98 Å². The molecule has 11 heteroatoms. The van der Waals surface area contributed by atoms with Crippen LogP contribution in [-0.2, 0) is 4.79 Å². The van der Waals surface area contributed by atoms with Crippen molar-refractivity contribution in [3.8, 4) is 5.75 Å². The number of rotatable bonds is 4. The molecule has 1 N–H and O–H groups in total. The first-order valence-electron chi connectivity index (χ1n) is 6.78. The fraction of sp³-hybridized carbons (Fsp3) is 0.0667. The number of halogens is 6. The van der Waals surface area contributed by atoms with Gasteiger partial charge in [0.1, 0.15) is 5.82 Å². The lowest BCUT2D eigenvalue weighted by Gasteiger charge is -2.09. The van der Waals surface area contributed by atoms with Gasteiger partial charge in [0.15, 0.2) is 17.5 Å². The Bertz CT molecular complexity index is 994. The lowest BCUT2D eigenvalue weighted by Crippen LogP contribution is -2.21. The number of nitrogens with one attached hydrogen (secondary N) is 1. The van der Waals surface area contributed by atoms with Crippen molar-refractivity contribution in [3.05, 3.63) is 53.1 Å². The fourth-order valence-corrected chi connectivity index (χ4v) is 2.86. The van der Waals surface area contributed by atoms with Crippen LogP contribution in [0.3, 0.4) is 0 Å². The molecular formula is C15H6F6N2O2S. The SMILES string of the molecule is O=C(COc1c(F)c(F)c(F)c(F)c1F)Nc1nc2ccc(F)cc2s1. The standard InChI is InChI=1S/C15H6F6N2O2S/c16-5-1-2-6-7(3-5)26-15(22-6)23-8(24)4-25-14-12(20)10(18)9(17)11(19)13(14)21/h1-3H,4H2,(H,22,23,24). The van der Waals surface area contributed by atoms with Crippen LogP contribution < -0.4 is 10.1 Å². The Morgan fingerprint density at radius 2 is 1.62 bits per heavy atom.